The Kier molecular flexibility index (Phi) is 6.23. The monoisotopic (exact) mass is 352 g/mol. The van der Waals surface area contributed by atoms with Crippen LogP contribution >= 0.6 is 15.9 Å². The van der Waals surface area contributed by atoms with Crippen molar-refractivity contribution in [3.05, 3.63) is 34.3 Å². The van der Waals surface area contributed by atoms with Crippen LogP contribution in [0.5, 0.6) is 0 Å². The van der Waals surface area contributed by atoms with Crippen molar-refractivity contribution in [2.75, 3.05) is 19.6 Å². The average molecular weight is 353 g/mol. The van der Waals surface area contributed by atoms with Gasteiger partial charge in [-0.3, -0.25) is 9.59 Å². The Labute approximate surface area is 134 Å². The van der Waals surface area contributed by atoms with Crippen LogP contribution in [-0.4, -0.2) is 36.3 Å². The van der Waals surface area contributed by atoms with E-state index < -0.39 is 0 Å². The topological polar surface area (TPSA) is 49.4 Å². The summed E-state index contributed by atoms with van der Waals surface area (Å²) >= 11 is 3.35. The molecule has 1 N–H and O–H groups in total. The molecule has 2 amide bonds. The van der Waals surface area contributed by atoms with Crippen LogP contribution < -0.4 is 5.32 Å². The summed E-state index contributed by atoms with van der Waals surface area (Å²) in [6.07, 6.45) is 4.72. The van der Waals surface area contributed by atoms with Crippen LogP contribution in [0, 0.1) is 0 Å². The number of hydrogen-bond donors (Lipinski definition) is 1. The highest BCUT2D eigenvalue weighted by molar-refractivity contribution is 9.10. The van der Waals surface area contributed by atoms with Crippen molar-refractivity contribution in [2.45, 2.75) is 32.1 Å². The second-order valence-corrected chi connectivity index (χ2v) is 6.22. The Morgan fingerprint density at radius 1 is 1.19 bits per heavy atom. The van der Waals surface area contributed by atoms with Gasteiger partial charge < -0.3 is 10.2 Å². The lowest BCUT2D eigenvalue weighted by Gasteiger charge is -2.20. The highest BCUT2D eigenvalue weighted by Crippen LogP contribution is 2.12. The lowest BCUT2D eigenvalue weighted by atomic mass is 10.2. The summed E-state index contributed by atoms with van der Waals surface area (Å²) in [6.45, 7) is 2.19. The zero-order valence-electron chi connectivity index (χ0n) is 12.1. The van der Waals surface area contributed by atoms with Crippen molar-refractivity contribution < 1.29 is 9.59 Å². The van der Waals surface area contributed by atoms with E-state index in [0.29, 0.717) is 18.5 Å². The van der Waals surface area contributed by atoms with Gasteiger partial charge in [-0.2, -0.15) is 0 Å². The minimum Gasteiger partial charge on any atom is -0.352 e. The van der Waals surface area contributed by atoms with Crippen molar-refractivity contribution in [1.29, 1.82) is 0 Å². The van der Waals surface area contributed by atoms with E-state index in [9.17, 15) is 9.59 Å². The molecular weight excluding hydrogens is 332 g/mol. The largest absolute Gasteiger partial charge is 0.352 e. The summed E-state index contributed by atoms with van der Waals surface area (Å²) in [5.41, 5.74) is 0.657. The highest BCUT2D eigenvalue weighted by Gasteiger charge is 2.15. The number of carbonyl (C=O) groups is 2. The molecule has 21 heavy (non-hydrogen) atoms. The van der Waals surface area contributed by atoms with Crippen LogP contribution in [-0.2, 0) is 4.79 Å². The van der Waals surface area contributed by atoms with Crippen molar-refractivity contribution in [3.8, 4) is 0 Å². The van der Waals surface area contributed by atoms with Gasteiger partial charge in [0, 0.05) is 36.1 Å². The molecule has 4 nitrogen and oxygen atoms in total. The molecule has 0 bridgehead atoms. The van der Waals surface area contributed by atoms with Gasteiger partial charge in [0.25, 0.3) is 5.91 Å². The van der Waals surface area contributed by atoms with Crippen molar-refractivity contribution >= 4 is 27.7 Å². The maximum Gasteiger partial charge on any atom is 0.251 e. The van der Waals surface area contributed by atoms with E-state index in [-0.39, 0.29) is 11.8 Å². The van der Waals surface area contributed by atoms with Gasteiger partial charge in [0.05, 0.1) is 0 Å². The lowest BCUT2D eigenvalue weighted by molar-refractivity contribution is -0.130. The van der Waals surface area contributed by atoms with Crippen LogP contribution in [0.15, 0.2) is 28.7 Å². The SMILES string of the molecule is O=C(NCCCN1CCCCCC1=O)c1ccc(Br)cc1. The number of carbonyl (C=O) groups excluding carboxylic acids is 2. The molecule has 1 saturated heterocycles. The summed E-state index contributed by atoms with van der Waals surface area (Å²) in [6, 6.07) is 7.28. The normalized spacial score (nSPS) is 15.7. The van der Waals surface area contributed by atoms with Gasteiger partial charge >= 0.3 is 0 Å². The van der Waals surface area contributed by atoms with Gasteiger partial charge in [0.1, 0.15) is 0 Å². The number of rotatable bonds is 5. The first-order valence-electron chi connectivity index (χ1n) is 7.48. The maximum atomic E-state index is 11.9. The van der Waals surface area contributed by atoms with E-state index in [0.717, 1.165) is 43.2 Å². The number of hydrogen-bond acceptors (Lipinski definition) is 2. The molecule has 0 unspecified atom stereocenters. The zero-order chi connectivity index (χ0) is 15.1. The molecular formula is C16H21BrN2O2. The molecule has 0 aliphatic carbocycles. The van der Waals surface area contributed by atoms with Crippen LogP contribution in [0.2, 0.25) is 0 Å². The van der Waals surface area contributed by atoms with E-state index in [2.05, 4.69) is 21.2 Å². The van der Waals surface area contributed by atoms with E-state index in [1.807, 2.05) is 17.0 Å². The van der Waals surface area contributed by atoms with Gasteiger partial charge in [0.2, 0.25) is 5.91 Å². The number of benzene rings is 1. The molecule has 114 valence electrons. The molecule has 1 aromatic rings. The fraction of sp³-hybridized carbons (Fsp3) is 0.500. The summed E-state index contributed by atoms with van der Waals surface area (Å²) < 4.78 is 0.957. The van der Waals surface area contributed by atoms with Crippen molar-refractivity contribution in [2.24, 2.45) is 0 Å². The fourth-order valence-corrected chi connectivity index (χ4v) is 2.71. The average Bonchev–Trinajstić information content (AvgIpc) is 2.69. The molecule has 0 spiro atoms. The summed E-state index contributed by atoms with van der Waals surface area (Å²) in [5, 5.41) is 2.90. The van der Waals surface area contributed by atoms with Crippen molar-refractivity contribution in [3.63, 3.8) is 0 Å². The second-order valence-electron chi connectivity index (χ2n) is 5.31. The van der Waals surface area contributed by atoms with Gasteiger partial charge in [-0.25, -0.2) is 0 Å². The highest BCUT2D eigenvalue weighted by atomic mass is 79.9. The standard InChI is InChI=1S/C16H21BrN2O2/c17-14-8-6-13(7-9-14)16(21)18-10-4-12-19-11-3-1-2-5-15(19)20/h6-9H,1-5,10-12H2,(H,18,21). The first kappa shape index (κ1) is 16.0. The van der Waals surface area contributed by atoms with Crippen LogP contribution in [0.3, 0.4) is 0 Å². The zero-order valence-corrected chi connectivity index (χ0v) is 13.7. The molecule has 1 aliphatic rings. The number of nitrogens with zero attached hydrogens (tertiary/aromatic N) is 1. The van der Waals surface area contributed by atoms with Gasteiger partial charge in [-0.15, -0.1) is 0 Å². The van der Waals surface area contributed by atoms with Gasteiger partial charge in [-0.1, -0.05) is 22.4 Å². The summed E-state index contributed by atoms with van der Waals surface area (Å²) in [4.78, 5) is 25.7. The quantitative estimate of drug-likeness (QED) is 0.828. The Bertz CT molecular complexity index is 488. The third kappa shape index (κ3) is 5.16. The Morgan fingerprint density at radius 2 is 1.95 bits per heavy atom. The summed E-state index contributed by atoms with van der Waals surface area (Å²) in [5.74, 6) is 0.191. The molecule has 1 aromatic carbocycles. The smallest absolute Gasteiger partial charge is 0.251 e. The molecule has 1 aliphatic heterocycles. The Morgan fingerprint density at radius 3 is 2.71 bits per heavy atom. The van der Waals surface area contributed by atoms with E-state index in [4.69, 9.17) is 0 Å². The first-order chi connectivity index (χ1) is 10.2. The van der Waals surface area contributed by atoms with Crippen LogP contribution in [0.1, 0.15) is 42.5 Å². The second kappa shape index (κ2) is 8.17. The fourth-order valence-electron chi connectivity index (χ4n) is 2.45. The lowest BCUT2D eigenvalue weighted by Crippen LogP contribution is -2.33. The number of nitrogens with one attached hydrogen (secondary N) is 1. The Balaban J connectivity index is 1.70. The molecule has 0 atom stereocenters. The van der Waals surface area contributed by atoms with E-state index >= 15 is 0 Å². The third-order valence-corrected chi connectivity index (χ3v) is 4.20. The van der Waals surface area contributed by atoms with Crippen molar-refractivity contribution in [1.82, 2.24) is 10.2 Å². The molecule has 1 fully saturated rings. The molecule has 2 rings (SSSR count). The third-order valence-electron chi connectivity index (χ3n) is 3.67. The number of halogens is 1. The van der Waals surface area contributed by atoms with Gasteiger partial charge in [0.15, 0.2) is 0 Å². The molecule has 0 radical (unpaired) electrons. The number of likely N-dealkylation sites (tertiary alicyclic amines) is 1. The number of amides is 2. The minimum atomic E-state index is -0.0651. The Hall–Kier alpha value is -1.36. The predicted molar refractivity (Wildman–Crippen MR) is 86.1 cm³/mol. The molecule has 5 heteroatoms. The first-order valence-corrected chi connectivity index (χ1v) is 8.27. The minimum absolute atomic E-state index is 0.0651. The predicted octanol–water partition coefficient (Wildman–Crippen LogP) is 2.97. The maximum absolute atomic E-state index is 11.9. The van der Waals surface area contributed by atoms with Crippen LogP contribution in [0.25, 0.3) is 0 Å². The molecule has 0 saturated carbocycles. The van der Waals surface area contributed by atoms with Crippen LogP contribution in [0.4, 0.5) is 0 Å². The van der Waals surface area contributed by atoms with E-state index in [1.165, 1.54) is 0 Å². The van der Waals surface area contributed by atoms with Gasteiger partial charge in [-0.05, 0) is 43.5 Å². The molecule has 0 aromatic heterocycles. The van der Waals surface area contributed by atoms with E-state index in [1.54, 1.807) is 12.1 Å². The molecule has 1 heterocycles. The summed E-state index contributed by atoms with van der Waals surface area (Å²) in [7, 11) is 0.